The molecule has 0 spiro atoms. The van der Waals surface area contributed by atoms with Gasteiger partial charge in [-0.15, -0.1) is 0 Å². The van der Waals surface area contributed by atoms with Gasteiger partial charge < -0.3 is 14.8 Å². The maximum absolute atomic E-state index is 13.9. The average molecular weight is 427 g/mol. The number of halogens is 1. The van der Waals surface area contributed by atoms with Crippen molar-refractivity contribution in [2.75, 3.05) is 0 Å². The lowest BCUT2D eigenvalue weighted by Gasteiger charge is -2.23. The number of fused-ring (bicyclic) bond motifs is 1. The number of aromatic nitrogens is 1. The predicted octanol–water partition coefficient (Wildman–Crippen LogP) is 6.03. The van der Waals surface area contributed by atoms with Crippen molar-refractivity contribution >= 4 is 16.9 Å². The third-order valence-corrected chi connectivity index (χ3v) is 6.32. The second-order valence-electron chi connectivity index (χ2n) is 8.25. The molecule has 0 aliphatic carbocycles. The van der Waals surface area contributed by atoms with E-state index in [1.807, 2.05) is 67.6 Å². The van der Waals surface area contributed by atoms with E-state index < -0.39 is 17.5 Å². The van der Waals surface area contributed by atoms with Crippen molar-refractivity contribution in [3.05, 3.63) is 118 Å². The molecule has 1 aliphatic rings. The van der Waals surface area contributed by atoms with E-state index in [1.165, 1.54) is 12.1 Å². The lowest BCUT2D eigenvalue weighted by molar-refractivity contribution is -0.147. The molecule has 5 heteroatoms. The second kappa shape index (κ2) is 7.38. The molecule has 0 saturated heterocycles. The van der Waals surface area contributed by atoms with Gasteiger partial charge in [-0.3, -0.25) is 0 Å². The van der Waals surface area contributed by atoms with Crippen LogP contribution in [0.1, 0.15) is 35.2 Å². The summed E-state index contributed by atoms with van der Waals surface area (Å²) in [5.41, 5.74) is 2.69. The smallest absolute Gasteiger partial charge is 0.339 e. The summed E-state index contributed by atoms with van der Waals surface area (Å²) in [6, 6.07) is 23.2. The summed E-state index contributed by atoms with van der Waals surface area (Å²) in [4.78, 5) is 16.6. The molecule has 0 bridgehead atoms. The first kappa shape index (κ1) is 20.1. The van der Waals surface area contributed by atoms with Gasteiger partial charge in [-0.05, 0) is 43.2 Å². The lowest BCUT2D eigenvalue weighted by Crippen LogP contribution is -2.25. The molecule has 1 aliphatic heterocycles. The minimum Gasteiger partial charge on any atom is -0.507 e. The molecule has 1 unspecified atom stereocenters. The van der Waals surface area contributed by atoms with Gasteiger partial charge in [0.1, 0.15) is 5.82 Å². The predicted molar refractivity (Wildman–Crippen MR) is 121 cm³/mol. The minimum absolute atomic E-state index is 0.119. The second-order valence-corrected chi connectivity index (χ2v) is 8.25. The van der Waals surface area contributed by atoms with Gasteiger partial charge in [0.2, 0.25) is 0 Å². The molecule has 2 N–H and O–H groups in total. The zero-order valence-corrected chi connectivity index (χ0v) is 17.7. The van der Waals surface area contributed by atoms with Crippen LogP contribution >= 0.6 is 0 Å². The SMILES string of the molecule is Cc1c(C(C2=C(O)[C@@](C)(c3ccccc3)OC2=O)c2ccccc2)[nH]c2ccc(F)cc12. The lowest BCUT2D eigenvalue weighted by atomic mass is 9.83. The summed E-state index contributed by atoms with van der Waals surface area (Å²) in [6.07, 6.45) is 0. The Morgan fingerprint density at radius 1 is 1.00 bits per heavy atom. The molecule has 5 rings (SSSR count). The highest BCUT2D eigenvalue weighted by Crippen LogP contribution is 2.47. The zero-order chi connectivity index (χ0) is 22.5. The van der Waals surface area contributed by atoms with Crippen molar-refractivity contribution in [1.29, 1.82) is 0 Å². The summed E-state index contributed by atoms with van der Waals surface area (Å²) < 4.78 is 19.7. The number of nitrogens with one attached hydrogen (secondary N) is 1. The van der Waals surface area contributed by atoms with Crippen molar-refractivity contribution in [2.24, 2.45) is 0 Å². The van der Waals surface area contributed by atoms with E-state index in [4.69, 9.17) is 4.74 Å². The Balaban J connectivity index is 1.76. The molecule has 2 heterocycles. The van der Waals surface area contributed by atoms with Gasteiger partial charge in [0.15, 0.2) is 11.4 Å². The van der Waals surface area contributed by atoms with Crippen molar-refractivity contribution < 1.29 is 19.0 Å². The van der Waals surface area contributed by atoms with Crippen LogP contribution in [0.5, 0.6) is 0 Å². The first-order valence-corrected chi connectivity index (χ1v) is 10.5. The normalized spacial score (nSPS) is 19.4. The molecule has 0 radical (unpaired) electrons. The van der Waals surface area contributed by atoms with Crippen LogP contribution in [0.2, 0.25) is 0 Å². The Hall–Kier alpha value is -3.86. The number of ether oxygens (including phenoxy) is 1. The van der Waals surface area contributed by atoms with E-state index in [-0.39, 0.29) is 17.1 Å². The van der Waals surface area contributed by atoms with Gasteiger partial charge >= 0.3 is 5.97 Å². The maximum atomic E-state index is 13.9. The molecule has 160 valence electrons. The number of hydrogen-bond acceptors (Lipinski definition) is 3. The first-order valence-electron chi connectivity index (χ1n) is 10.5. The summed E-state index contributed by atoms with van der Waals surface area (Å²) in [5, 5.41) is 12.1. The van der Waals surface area contributed by atoms with Crippen LogP contribution in [0.3, 0.4) is 0 Å². The number of aromatic amines is 1. The highest BCUT2D eigenvalue weighted by Gasteiger charge is 2.49. The van der Waals surface area contributed by atoms with Crippen molar-refractivity contribution in [2.45, 2.75) is 25.4 Å². The maximum Gasteiger partial charge on any atom is 0.339 e. The molecule has 0 saturated carbocycles. The molecular weight excluding hydrogens is 405 g/mol. The Kier molecular flexibility index (Phi) is 4.63. The molecule has 0 amide bonds. The van der Waals surface area contributed by atoms with Gasteiger partial charge in [0.25, 0.3) is 0 Å². The van der Waals surface area contributed by atoms with Gasteiger partial charge in [-0.25, -0.2) is 9.18 Å². The molecule has 0 fully saturated rings. The quantitative estimate of drug-likeness (QED) is 0.391. The van der Waals surface area contributed by atoms with Crippen LogP contribution in [0.15, 0.2) is 90.2 Å². The third kappa shape index (κ3) is 3.01. The van der Waals surface area contributed by atoms with Crippen molar-refractivity contribution in [3.8, 4) is 0 Å². The molecule has 2 atom stereocenters. The number of esters is 1. The number of aliphatic hydroxyl groups excluding tert-OH is 1. The van der Waals surface area contributed by atoms with Gasteiger partial charge in [-0.2, -0.15) is 0 Å². The van der Waals surface area contributed by atoms with Crippen LogP contribution in [-0.4, -0.2) is 16.1 Å². The van der Waals surface area contributed by atoms with Gasteiger partial charge in [0, 0.05) is 22.2 Å². The first-order chi connectivity index (χ1) is 15.4. The number of aryl methyl sites for hydroxylation is 1. The van der Waals surface area contributed by atoms with Crippen molar-refractivity contribution in [1.82, 2.24) is 4.98 Å². The van der Waals surface area contributed by atoms with Gasteiger partial charge in [0.05, 0.1) is 11.5 Å². The summed E-state index contributed by atoms with van der Waals surface area (Å²) >= 11 is 0. The highest BCUT2D eigenvalue weighted by molar-refractivity contribution is 5.96. The van der Waals surface area contributed by atoms with Crippen LogP contribution in [-0.2, 0) is 15.1 Å². The van der Waals surface area contributed by atoms with E-state index in [0.717, 1.165) is 22.0 Å². The number of cyclic esters (lactones) is 1. The fraction of sp³-hybridized carbons (Fsp3) is 0.148. The number of aliphatic hydroxyl groups is 1. The summed E-state index contributed by atoms with van der Waals surface area (Å²) in [7, 11) is 0. The van der Waals surface area contributed by atoms with E-state index in [9.17, 15) is 14.3 Å². The summed E-state index contributed by atoms with van der Waals surface area (Å²) in [6.45, 7) is 3.58. The molecule has 32 heavy (non-hydrogen) atoms. The Morgan fingerprint density at radius 2 is 1.66 bits per heavy atom. The van der Waals surface area contributed by atoms with Gasteiger partial charge in [-0.1, -0.05) is 60.7 Å². The van der Waals surface area contributed by atoms with E-state index in [2.05, 4.69) is 4.98 Å². The van der Waals surface area contributed by atoms with Crippen LogP contribution in [0.25, 0.3) is 10.9 Å². The van der Waals surface area contributed by atoms with Crippen LogP contribution in [0, 0.1) is 12.7 Å². The monoisotopic (exact) mass is 427 g/mol. The number of rotatable bonds is 4. The fourth-order valence-corrected chi connectivity index (χ4v) is 4.58. The zero-order valence-electron chi connectivity index (χ0n) is 17.7. The molecule has 4 nitrogen and oxygen atoms in total. The fourth-order valence-electron chi connectivity index (χ4n) is 4.58. The van der Waals surface area contributed by atoms with E-state index in [0.29, 0.717) is 11.3 Å². The number of carbonyl (C=O) groups is 1. The molecule has 4 aromatic rings. The Bertz CT molecular complexity index is 1360. The standard InChI is InChI=1S/C27H22FNO3/c1-16-20-15-19(28)13-14-21(20)29-24(16)22(17-9-5-3-6-10-17)23-25(30)27(2,32-26(23)31)18-11-7-4-8-12-18/h3-15,22,29-30H,1-2H3/t22?,27-/m1/s1. The minimum atomic E-state index is -1.28. The Labute approximate surface area is 185 Å². The number of benzene rings is 3. The highest BCUT2D eigenvalue weighted by atomic mass is 19.1. The molecular formula is C27H22FNO3. The topological polar surface area (TPSA) is 62.3 Å². The third-order valence-electron chi connectivity index (χ3n) is 6.32. The van der Waals surface area contributed by atoms with E-state index in [1.54, 1.807) is 13.0 Å². The Morgan fingerprint density at radius 3 is 2.34 bits per heavy atom. The number of hydrogen-bond donors (Lipinski definition) is 2. The van der Waals surface area contributed by atoms with E-state index >= 15 is 0 Å². The largest absolute Gasteiger partial charge is 0.507 e. The van der Waals surface area contributed by atoms with Crippen LogP contribution in [0.4, 0.5) is 4.39 Å². The summed E-state index contributed by atoms with van der Waals surface area (Å²) in [5.74, 6) is -1.63. The molecule has 1 aromatic heterocycles. The van der Waals surface area contributed by atoms with Crippen molar-refractivity contribution in [3.63, 3.8) is 0 Å². The number of H-pyrrole nitrogens is 1. The molecule has 3 aromatic carbocycles. The average Bonchev–Trinajstić information content (AvgIpc) is 3.24. The number of carbonyl (C=O) groups excluding carboxylic acids is 1. The van der Waals surface area contributed by atoms with Crippen LogP contribution < -0.4 is 0 Å².